The maximum atomic E-state index is 12.4. The van der Waals surface area contributed by atoms with Crippen molar-refractivity contribution in [2.24, 2.45) is 0 Å². The third-order valence-electron chi connectivity index (χ3n) is 3.43. The zero-order valence-corrected chi connectivity index (χ0v) is 16.8. The number of carbonyl (C=O) groups is 2. The molecular weight excluding hydrogens is 476 g/mol. The average Bonchev–Trinajstić information content (AvgIpc) is 2.94. The van der Waals surface area contributed by atoms with Gasteiger partial charge in [-0.3, -0.25) is 25.0 Å². The predicted octanol–water partition coefficient (Wildman–Crippen LogP) is 3.45. The monoisotopic (exact) mass is 484 g/mol. The Morgan fingerprint density at radius 3 is 2.36 bits per heavy atom. The third kappa shape index (κ3) is 4.40. The standard InChI is InChI=1S/C16H9BrN2O7S2/c17-12-7-9(8-14-15(20)18-16(21)27-14)1-6-13(12)26-28(24,25)11-4-2-10(3-5-11)19(22)23/h1-8H,(H,18,20,21)/b14-8-. The van der Waals surface area contributed by atoms with Crippen molar-refractivity contribution in [3.63, 3.8) is 0 Å². The molecule has 0 atom stereocenters. The van der Waals surface area contributed by atoms with Gasteiger partial charge in [0.05, 0.1) is 14.3 Å². The molecule has 0 unspecified atom stereocenters. The highest BCUT2D eigenvalue weighted by Crippen LogP contribution is 2.32. The maximum absolute atomic E-state index is 12.4. The minimum atomic E-state index is -4.21. The predicted molar refractivity (Wildman–Crippen MR) is 104 cm³/mol. The third-order valence-corrected chi connectivity index (χ3v) is 6.11. The molecule has 1 aliphatic rings. The van der Waals surface area contributed by atoms with E-state index in [0.29, 0.717) is 10.0 Å². The van der Waals surface area contributed by atoms with E-state index < -0.39 is 26.2 Å². The van der Waals surface area contributed by atoms with Gasteiger partial charge in [-0.1, -0.05) is 6.07 Å². The van der Waals surface area contributed by atoms with Crippen LogP contribution in [0.4, 0.5) is 10.5 Å². The van der Waals surface area contributed by atoms with Crippen molar-refractivity contribution in [1.82, 2.24) is 5.32 Å². The maximum Gasteiger partial charge on any atom is 0.339 e. The van der Waals surface area contributed by atoms with Crippen molar-refractivity contribution in [3.05, 3.63) is 67.5 Å². The molecule has 3 rings (SSSR count). The highest BCUT2D eigenvalue weighted by molar-refractivity contribution is 9.10. The summed E-state index contributed by atoms with van der Waals surface area (Å²) in [6.45, 7) is 0. The van der Waals surface area contributed by atoms with Gasteiger partial charge in [0.1, 0.15) is 4.90 Å². The van der Waals surface area contributed by atoms with Crippen molar-refractivity contribution in [3.8, 4) is 5.75 Å². The number of nitrogens with zero attached hydrogens (tertiary/aromatic N) is 1. The zero-order chi connectivity index (χ0) is 20.5. The van der Waals surface area contributed by atoms with Gasteiger partial charge in [0, 0.05) is 12.1 Å². The number of halogens is 1. The normalized spacial score (nSPS) is 15.5. The number of nitrogens with one attached hydrogen (secondary N) is 1. The SMILES string of the molecule is O=C1NC(=O)/C(=C/c2ccc(OS(=O)(=O)c3ccc([N+](=O)[O-])cc3)c(Br)c2)S1. The fourth-order valence-electron chi connectivity index (χ4n) is 2.15. The summed E-state index contributed by atoms with van der Waals surface area (Å²) < 4.78 is 30.1. The molecular formula is C16H9BrN2O7S2. The Morgan fingerprint density at radius 2 is 1.82 bits per heavy atom. The van der Waals surface area contributed by atoms with Crippen LogP contribution in [-0.2, 0) is 14.9 Å². The Hall–Kier alpha value is -2.70. The first-order valence-electron chi connectivity index (χ1n) is 7.39. The summed E-state index contributed by atoms with van der Waals surface area (Å²) in [4.78, 5) is 32.7. The fourth-order valence-corrected chi connectivity index (χ4v) is 4.36. The van der Waals surface area contributed by atoms with Crippen LogP contribution in [0.2, 0.25) is 0 Å². The number of thioether (sulfide) groups is 1. The molecule has 1 saturated heterocycles. The fraction of sp³-hybridized carbons (Fsp3) is 0. The van der Waals surface area contributed by atoms with Crippen molar-refractivity contribution >= 4 is 60.7 Å². The molecule has 1 N–H and O–H groups in total. The van der Waals surface area contributed by atoms with Gasteiger partial charge in [-0.2, -0.15) is 8.42 Å². The molecule has 0 saturated carbocycles. The molecule has 2 aromatic carbocycles. The van der Waals surface area contributed by atoms with Crippen LogP contribution >= 0.6 is 27.7 Å². The first kappa shape index (κ1) is 20.0. The number of nitro groups is 1. The van der Waals surface area contributed by atoms with Crippen molar-refractivity contribution in [2.75, 3.05) is 0 Å². The topological polar surface area (TPSA) is 133 Å². The van der Waals surface area contributed by atoms with Crippen molar-refractivity contribution < 1.29 is 27.1 Å². The zero-order valence-electron chi connectivity index (χ0n) is 13.6. The van der Waals surface area contributed by atoms with E-state index in [1.807, 2.05) is 0 Å². The molecule has 0 aliphatic carbocycles. The summed E-state index contributed by atoms with van der Waals surface area (Å²) >= 11 is 3.96. The van der Waals surface area contributed by atoms with Crippen LogP contribution in [0.1, 0.15) is 5.56 Å². The Kier molecular flexibility index (Phi) is 5.54. The molecule has 12 heteroatoms. The van der Waals surface area contributed by atoms with Gasteiger partial charge in [-0.15, -0.1) is 0 Å². The number of non-ortho nitro benzene ring substituents is 1. The molecule has 1 fully saturated rings. The summed E-state index contributed by atoms with van der Waals surface area (Å²) in [7, 11) is -4.21. The lowest BCUT2D eigenvalue weighted by atomic mass is 10.2. The molecule has 0 bridgehead atoms. The second-order valence-corrected chi connectivity index (χ2v) is 8.75. The molecule has 28 heavy (non-hydrogen) atoms. The number of rotatable bonds is 5. The van der Waals surface area contributed by atoms with Crippen LogP contribution in [0.3, 0.4) is 0 Å². The van der Waals surface area contributed by atoms with Crippen LogP contribution in [0.5, 0.6) is 5.75 Å². The highest BCUT2D eigenvalue weighted by Gasteiger charge is 2.25. The lowest BCUT2D eigenvalue weighted by Crippen LogP contribution is -2.17. The first-order chi connectivity index (χ1) is 13.2. The minimum Gasteiger partial charge on any atom is -0.378 e. The summed E-state index contributed by atoms with van der Waals surface area (Å²) in [5.74, 6) is -0.521. The van der Waals surface area contributed by atoms with Gasteiger partial charge in [0.25, 0.3) is 16.8 Å². The Labute approximate surface area is 171 Å². The van der Waals surface area contributed by atoms with Crippen LogP contribution in [0.15, 0.2) is 56.7 Å². The van der Waals surface area contributed by atoms with E-state index in [0.717, 1.165) is 36.0 Å². The van der Waals surface area contributed by atoms with Gasteiger partial charge < -0.3 is 4.18 Å². The van der Waals surface area contributed by atoms with Gasteiger partial charge in [0.2, 0.25) is 0 Å². The van der Waals surface area contributed by atoms with Gasteiger partial charge >= 0.3 is 10.1 Å². The minimum absolute atomic E-state index is 0.0138. The second-order valence-electron chi connectivity index (χ2n) is 5.33. The van der Waals surface area contributed by atoms with E-state index in [9.17, 15) is 28.1 Å². The Morgan fingerprint density at radius 1 is 1.14 bits per heavy atom. The molecule has 1 heterocycles. The lowest BCUT2D eigenvalue weighted by Gasteiger charge is -2.09. The number of amides is 2. The largest absolute Gasteiger partial charge is 0.378 e. The molecule has 9 nitrogen and oxygen atoms in total. The van der Waals surface area contributed by atoms with Crippen LogP contribution < -0.4 is 9.50 Å². The number of imide groups is 1. The Bertz CT molecular complexity index is 1130. The molecule has 144 valence electrons. The molecule has 0 spiro atoms. The molecule has 1 aliphatic heterocycles. The van der Waals surface area contributed by atoms with Crippen LogP contribution in [0, 0.1) is 10.1 Å². The molecule has 0 aromatic heterocycles. The van der Waals surface area contributed by atoms with E-state index >= 15 is 0 Å². The molecule has 2 amide bonds. The first-order valence-corrected chi connectivity index (χ1v) is 10.4. The number of hydrogen-bond donors (Lipinski definition) is 1. The Balaban J connectivity index is 1.82. The number of carbonyl (C=O) groups excluding carboxylic acids is 2. The number of benzene rings is 2. The van der Waals surface area contributed by atoms with Crippen LogP contribution in [0.25, 0.3) is 6.08 Å². The van der Waals surface area contributed by atoms with Crippen molar-refractivity contribution in [1.29, 1.82) is 0 Å². The van der Waals surface area contributed by atoms with E-state index in [1.54, 1.807) is 0 Å². The van der Waals surface area contributed by atoms with Gasteiger partial charge in [-0.25, -0.2) is 0 Å². The van der Waals surface area contributed by atoms with E-state index in [-0.39, 0.29) is 21.2 Å². The average molecular weight is 485 g/mol. The summed E-state index contributed by atoms with van der Waals surface area (Å²) in [5, 5.41) is 12.3. The summed E-state index contributed by atoms with van der Waals surface area (Å²) in [6, 6.07) is 8.68. The van der Waals surface area contributed by atoms with Crippen molar-refractivity contribution in [2.45, 2.75) is 4.90 Å². The summed E-state index contributed by atoms with van der Waals surface area (Å²) in [5.41, 5.74) is 0.295. The number of hydrogen-bond acceptors (Lipinski definition) is 8. The van der Waals surface area contributed by atoms with E-state index in [4.69, 9.17) is 4.18 Å². The lowest BCUT2D eigenvalue weighted by molar-refractivity contribution is -0.384. The van der Waals surface area contributed by atoms with Gasteiger partial charge in [-0.05, 0) is 63.6 Å². The van der Waals surface area contributed by atoms with Gasteiger partial charge in [0.15, 0.2) is 5.75 Å². The van der Waals surface area contributed by atoms with E-state index in [1.165, 1.54) is 24.3 Å². The number of nitro benzene ring substituents is 1. The second kappa shape index (κ2) is 7.73. The van der Waals surface area contributed by atoms with E-state index in [2.05, 4.69) is 21.2 Å². The quantitative estimate of drug-likeness (QED) is 0.295. The summed E-state index contributed by atoms with van der Waals surface area (Å²) in [6.07, 6.45) is 1.48. The smallest absolute Gasteiger partial charge is 0.339 e. The molecule has 2 aromatic rings. The highest BCUT2D eigenvalue weighted by atomic mass is 79.9. The molecule has 0 radical (unpaired) electrons. The van der Waals surface area contributed by atoms with Crippen LogP contribution in [-0.4, -0.2) is 24.5 Å².